The van der Waals surface area contributed by atoms with Crippen LogP contribution in [0.25, 0.3) is 0 Å². The van der Waals surface area contributed by atoms with Crippen molar-refractivity contribution in [1.82, 2.24) is 4.90 Å². The molecule has 100 valence electrons. The Morgan fingerprint density at radius 1 is 1.33 bits per heavy atom. The summed E-state index contributed by atoms with van der Waals surface area (Å²) in [6.45, 7) is 2.56. The topological polar surface area (TPSA) is 63.4 Å². The highest BCUT2D eigenvalue weighted by Gasteiger charge is 2.32. The van der Waals surface area contributed by atoms with Crippen LogP contribution in [-0.4, -0.2) is 29.3 Å². The molecule has 0 saturated carbocycles. The number of piperidine rings is 1. The van der Waals surface area contributed by atoms with E-state index in [4.69, 9.17) is 5.73 Å². The normalized spacial score (nSPS) is 31.6. The fraction of sp³-hybridized carbons (Fsp3) is 0.714. The van der Waals surface area contributed by atoms with E-state index in [1.54, 1.807) is 0 Å². The second-order valence-electron chi connectivity index (χ2n) is 5.54. The molecule has 0 spiro atoms. The highest BCUT2D eigenvalue weighted by atomic mass is 16.2. The maximum absolute atomic E-state index is 12.3. The number of hydrogen-bond donors (Lipinski definition) is 1. The second-order valence-corrected chi connectivity index (χ2v) is 5.54. The summed E-state index contributed by atoms with van der Waals surface area (Å²) >= 11 is 0. The van der Waals surface area contributed by atoms with Crippen LogP contribution < -0.4 is 5.73 Å². The van der Waals surface area contributed by atoms with Crippen LogP contribution in [0.2, 0.25) is 0 Å². The van der Waals surface area contributed by atoms with Crippen LogP contribution in [-0.2, 0) is 9.59 Å². The third kappa shape index (κ3) is 2.92. The van der Waals surface area contributed by atoms with E-state index in [0.29, 0.717) is 18.9 Å². The van der Waals surface area contributed by atoms with Crippen molar-refractivity contribution >= 4 is 11.8 Å². The monoisotopic (exact) mass is 250 g/mol. The molecule has 0 aromatic carbocycles. The molecule has 4 nitrogen and oxygen atoms in total. The fourth-order valence-corrected chi connectivity index (χ4v) is 2.89. The average molecular weight is 250 g/mol. The lowest BCUT2D eigenvalue weighted by atomic mass is 9.92. The molecule has 2 amide bonds. The van der Waals surface area contributed by atoms with Crippen molar-refractivity contribution < 1.29 is 9.59 Å². The molecule has 0 radical (unpaired) electrons. The first-order chi connectivity index (χ1) is 8.58. The molecule has 2 N–H and O–H groups in total. The van der Waals surface area contributed by atoms with E-state index in [1.807, 2.05) is 4.90 Å². The standard InChI is InChI=1S/C14H22N2O2/c1-10-6-7-12(14(15)18)9-16(10)13(17)8-11-4-2-3-5-11/h2,4,10-12H,3,5-9H2,1H3,(H2,15,18)/t10-,11+,12+/m1/s1. The van der Waals surface area contributed by atoms with E-state index in [2.05, 4.69) is 19.1 Å². The maximum atomic E-state index is 12.3. The van der Waals surface area contributed by atoms with Crippen molar-refractivity contribution in [1.29, 1.82) is 0 Å². The molecule has 3 atom stereocenters. The minimum atomic E-state index is -0.277. The summed E-state index contributed by atoms with van der Waals surface area (Å²) in [5, 5.41) is 0. The van der Waals surface area contributed by atoms with E-state index in [1.165, 1.54) is 0 Å². The molecule has 2 rings (SSSR count). The highest BCUT2D eigenvalue weighted by Crippen LogP contribution is 2.26. The second kappa shape index (κ2) is 5.55. The lowest BCUT2D eigenvalue weighted by molar-refractivity contribution is -0.138. The van der Waals surface area contributed by atoms with Crippen molar-refractivity contribution in [2.24, 2.45) is 17.6 Å². The van der Waals surface area contributed by atoms with Gasteiger partial charge in [-0.25, -0.2) is 0 Å². The zero-order valence-corrected chi connectivity index (χ0v) is 11.0. The van der Waals surface area contributed by atoms with E-state index < -0.39 is 0 Å². The van der Waals surface area contributed by atoms with Crippen molar-refractivity contribution in [3.05, 3.63) is 12.2 Å². The smallest absolute Gasteiger partial charge is 0.223 e. The van der Waals surface area contributed by atoms with Gasteiger partial charge in [0.1, 0.15) is 0 Å². The Morgan fingerprint density at radius 2 is 2.11 bits per heavy atom. The summed E-state index contributed by atoms with van der Waals surface area (Å²) in [5.41, 5.74) is 5.35. The lowest BCUT2D eigenvalue weighted by Crippen LogP contribution is -2.48. The molecule has 18 heavy (non-hydrogen) atoms. The summed E-state index contributed by atoms with van der Waals surface area (Å²) < 4.78 is 0. The third-order valence-electron chi connectivity index (χ3n) is 4.15. The number of likely N-dealkylation sites (tertiary alicyclic amines) is 1. The van der Waals surface area contributed by atoms with Gasteiger partial charge in [0, 0.05) is 19.0 Å². The van der Waals surface area contributed by atoms with Crippen molar-refractivity contribution in [2.75, 3.05) is 6.54 Å². The first-order valence-electron chi connectivity index (χ1n) is 6.83. The van der Waals surface area contributed by atoms with Gasteiger partial charge in [-0.1, -0.05) is 12.2 Å². The SMILES string of the molecule is C[C@@H]1CC[C@H](C(N)=O)CN1C(=O)C[C@H]1C=CCC1. The summed E-state index contributed by atoms with van der Waals surface area (Å²) in [6.07, 6.45) is 8.70. The Morgan fingerprint density at radius 3 is 2.72 bits per heavy atom. The van der Waals surface area contributed by atoms with Crippen LogP contribution in [0.3, 0.4) is 0 Å². The third-order valence-corrected chi connectivity index (χ3v) is 4.15. The predicted molar refractivity (Wildman–Crippen MR) is 69.6 cm³/mol. The molecule has 1 aliphatic heterocycles. The van der Waals surface area contributed by atoms with Gasteiger partial charge >= 0.3 is 0 Å². The predicted octanol–water partition coefficient (Wildman–Crippen LogP) is 1.46. The quantitative estimate of drug-likeness (QED) is 0.771. The van der Waals surface area contributed by atoms with Gasteiger partial charge in [-0.2, -0.15) is 0 Å². The van der Waals surface area contributed by atoms with Crippen LogP contribution in [0.4, 0.5) is 0 Å². The molecular formula is C14H22N2O2. The Labute approximate surface area is 108 Å². The summed E-state index contributed by atoms with van der Waals surface area (Å²) in [5.74, 6) is 0.119. The molecule has 0 aromatic rings. The van der Waals surface area contributed by atoms with E-state index in [0.717, 1.165) is 25.7 Å². The summed E-state index contributed by atoms with van der Waals surface area (Å²) in [4.78, 5) is 25.4. The van der Waals surface area contributed by atoms with Crippen LogP contribution in [0.15, 0.2) is 12.2 Å². The molecule has 0 bridgehead atoms. The molecule has 1 aliphatic carbocycles. The van der Waals surface area contributed by atoms with Gasteiger partial charge in [-0.15, -0.1) is 0 Å². The molecule has 4 heteroatoms. The van der Waals surface area contributed by atoms with Gasteiger partial charge in [0.25, 0.3) is 0 Å². The maximum Gasteiger partial charge on any atom is 0.223 e. The van der Waals surface area contributed by atoms with Gasteiger partial charge < -0.3 is 10.6 Å². The number of rotatable bonds is 3. The largest absolute Gasteiger partial charge is 0.369 e. The van der Waals surface area contributed by atoms with Crippen LogP contribution in [0, 0.1) is 11.8 Å². The van der Waals surface area contributed by atoms with E-state index in [-0.39, 0.29) is 23.8 Å². The van der Waals surface area contributed by atoms with Gasteiger partial charge in [-0.05, 0) is 38.5 Å². The highest BCUT2D eigenvalue weighted by molar-refractivity contribution is 5.80. The van der Waals surface area contributed by atoms with Crippen LogP contribution >= 0.6 is 0 Å². The Balaban J connectivity index is 1.94. The summed E-state index contributed by atoms with van der Waals surface area (Å²) in [6, 6.07) is 0.235. The number of allylic oxidation sites excluding steroid dienone is 2. The van der Waals surface area contributed by atoms with Crippen molar-refractivity contribution in [3.8, 4) is 0 Å². The Hall–Kier alpha value is -1.32. The number of amides is 2. The minimum absolute atomic E-state index is 0.163. The van der Waals surface area contributed by atoms with Crippen LogP contribution in [0.5, 0.6) is 0 Å². The Kier molecular flexibility index (Phi) is 4.04. The van der Waals surface area contributed by atoms with Crippen molar-refractivity contribution in [3.63, 3.8) is 0 Å². The first-order valence-corrected chi connectivity index (χ1v) is 6.83. The number of carbonyl (C=O) groups is 2. The van der Waals surface area contributed by atoms with Gasteiger partial charge in [0.2, 0.25) is 11.8 Å². The van der Waals surface area contributed by atoms with E-state index >= 15 is 0 Å². The molecule has 0 aromatic heterocycles. The van der Waals surface area contributed by atoms with Gasteiger partial charge in [0.15, 0.2) is 0 Å². The number of primary amides is 1. The molecule has 2 aliphatic rings. The average Bonchev–Trinajstić information content (AvgIpc) is 2.81. The molecule has 0 unspecified atom stereocenters. The first kappa shape index (κ1) is 13.1. The number of nitrogens with two attached hydrogens (primary N) is 1. The summed E-state index contributed by atoms with van der Waals surface area (Å²) in [7, 11) is 0. The molecule has 1 heterocycles. The van der Waals surface area contributed by atoms with Crippen molar-refractivity contribution in [2.45, 2.75) is 45.1 Å². The minimum Gasteiger partial charge on any atom is -0.369 e. The lowest BCUT2D eigenvalue weighted by Gasteiger charge is -2.37. The van der Waals surface area contributed by atoms with Gasteiger partial charge in [-0.3, -0.25) is 9.59 Å². The number of hydrogen-bond acceptors (Lipinski definition) is 2. The zero-order chi connectivity index (χ0) is 13.1. The zero-order valence-electron chi connectivity index (χ0n) is 11.0. The van der Waals surface area contributed by atoms with Gasteiger partial charge in [0.05, 0.1) is 5.92 Å². The Bertz CT molecular complexity index is 365. The fourth-order valence-electron chi connectivity index (χ4n) is 2.89. The molecular weight excluding hydrogens is 228 g/mol. The molecule has 1 fully saturated rings. The molecule has 1 saturated heterocycles. The van der Waals surface area contributed by atoms with Crippen LogP contribution in [0.1, 0.15) is 39.0 Å². The number of carbonyl (C=O) groups excluding carboxylic acids is 2. The number of nitrogens with zero attached hydrogens (tertiary/aromatic N) is 1. The van der Waals surface area contributed by atoms with E-state index in [9.17, 15) is 9.59 Å².